The number of hydrogen-bond donors (Lipinski definition) is 1. The van der Waals surface area contributed by atoms with E-state index in [1.165, 1.54) is 5.56 Å². The number of aromatic nitrogens is 2. The first-order chi connectivity index (χ1) is 8.28. The largest absolute Gasteiger partial charge is 0.333 e. The van der Waals surface area contributed by atoms with E-state index >= 15 is 0 Å². The molecule has 1 heterocycles. The minimum atomic E-state index is 0.837. The predicted molar refractivity (Wildman–Crippen MR) is 72.9 cm³/mol. The van der Waals surface area contributed by atoms with E-state index in [1.54, 1.807) is 0 Å². The van der Waals surface area contributed by atoms with E-state index in [2.05, 4.69) is 68.2 Å². The van der Waals surface area contributed by atoms with Gasteiger partial charge in [-0.15, -0.1) is 0 Å². The molecule has 0 amide bonds. The lowest BCUT2D eigenvalue weighted by Crippen LogP contribution is -2.11. The van der Waals surface area contributed by atoms with Crippen LogP contribution >= 0.6 is 15.9 Å². The fourth-order valence-corrected chi connectivity index (χ4v) is 1.90. The van der Waals surface area contributed by atoms with Gasteiger partial charge in [-0.05, 0) is 24.2 Å². The Labute approximate surface area is 110 Å². The van der Waals surface area contributed by atoms with Crippen LogP contribution in [0.3, 0.4) is 0 Å². The number of benzene rings is 1. The molecule has 0 fully saturated rings. The second-order valence-corrected chi connectivity index (χ2v) is 4.86. The van der Waals surface area contributed by atoms with Crippen molar-refractivity contribution in [3.05, 3.63) is 52.5 Å². The molecule has 0 radical (unpaired) electrons. The van der Waals surface area contributed by atoms with Gasteiger partial charge in [0, 0.05) is 23.8 Å². The van der Waals surface area contributed by atoms with Crippen molar-refractivity contribution in [2.24, 2.45) is 0 Å². The van der Waals surface area contributed by atoms with Crippen LogP contribution in [0.5, 0.6) is 0 Å². The Hall–Kier alpha value is -1.13. The van der Waals surface area contributed by atoms with E-state index in [0.29, 0.717) is 0 Å². The summed E-state index contributed by atoms with van der Waals surface area (Å²) in [6.45, 7) is 4.77. The Morgan fingerprint density at radius 1 is 1.29 bits per heavy atom. The van der Waals surface area contributed by atoms with E-state index in [1.807, 2.05) is 6.33 Å². The highest BCUT2D eigenvalue weighted by Crippen LogP contribution is 2.11. The fraction of sp³-hybridized carbons (Fsp3) is 0.308. The summed E-state index contributed by atoms with van der Waals surface area (Å²) in [4.78, 5) is 4.36. The SMILES string of the molecule is CCNCc1cn(Cc2ccc(Br)cc2)cn1. The summed E-state index contributed by atoms with van der Waals surface area (Å²) in [6.07, 6.45) is 3.97. The van der Waals surface area contributed by atoms with Crippen molar-refractivity contribution in [1.82, 2.24) is 14.9 Å². The Kier molecular flexibility index (Phi) is 4.34. The topological polar surface area (TPSA) is 29.9 Å². The van der Waals surface area contributed by atoms with Gasteiger partial charge in [-0.25, -0.2) is 4.98 Å². The molecular formula is C13H16BrN3. The third-order valence-electron chi connectivity index (χ3n) is 2.52. The zero-order chi connectivity index (χ0) is 12.1. The van der Waals surface area contributed by atoms with Gasteiger partial charge in [0.2, 0.25) is 0 Å². The molecule has 0 saturated carbocycles. The Balaban J connectivity index is 1.98. The van der Waals surface area contributed by atoms with Gasteiger partial charge in [-0.2, -0.15) is 0 Å². The molecule has 0 aliphatic carbocycles. The maximum absolute atomic E-state index is 4.36. The summed E-state index contributed by atoms with van der Waals surface area (Å²) in [5.41, 5.74) is 2.37. The smallest absolute Gasteiger partial charge is 0.0953 e. The second-order valence-electron chi connectivity index (χ2n) is 3.94. The molecule has 0 saturated heterocycles. The molecule has 2 aromatic rings. The number of nitrogens with one attached hydrogen (secondary N) is 1. The van der Waals surface area contributed by atoms with Crippen LogP contribution in [0.4, 0.5) is 0 Å². The average Bonchev–Trinajstić information content (AvgIpc) is 2.77. The summed E-state index contributed by atoms with van der Waals surface area (Å²) in [6, 6.07) is 8.36. The van der Waals surface area contributed by atoms with E-state index < -0.39 is 0 Å². The lowest BCUT2D eigenvalue weighted by molar-refractivity contribution is 0.712. The summed E-state index contributed by atoms with van der Waals surface area (Å²) in [5.74, 6) is 0. The van der Waals surface area contributed by atoms with Gasteiger partial charge in [-0.3, -0.25) is 0 Å². The first kappa shape index (κ1) is 12.3. The highest BCUT2D eigenvalue weighted by molar-refractivity contribution is 9.10. The molecule has 1 aromatic heterocycles. The molecule has 90 valence electrons. The fourth-order valence-electron chi connectivity index (χ4n) is 1.64. The molecule has 0 bridgehead atoms. The van der Waals surface area contributed by atoms with Crippen LogP contribution in [0, 0.1) is 0 Å². The van der Waals surface area contributed by atoms with Crippen molar-refractivity contribution in [3.8, 4) is 0 Å². The lowest BCUT2D eigenvalue weighted by atomic mass is 10.2. The predicted octanol–water partition coefficient (Wildman–Crippen LogP) is 2.80. The van der Waals surface area contributed by atoms with Crippen LogP contribution in [-0.2, 0) is 13.1 Å². The Bertz CT molecular complexity index is 462. The maximum Gasteiger partial charge on any atom is 0.0953 e. The average molecular weight is 294 g/mol. The quantitative estimate of drug-likeness (QED) is 0.919. The third-order valence-corrected chi connectivity index (χ3v) is 3.05. The molecule has 1 aromatic carbocycles. The molecule has 0 atom stereocenters. The van der Waals surface area contributed by atoms with Gasteiger partial charge in [0.05, 0.1) is 12.0 Å². The summed E-state index contributed by atoms with van der Waals surface area (Å²) in [7, 11) is 0. The summed E-state index contributed by atoms with van der Waals surface area (Å²) < 4.78 is 3.22. The maximum atomic E-state index is 4.36. The first-order valence-electron chi connectivity index (χ1n) is 5.73. The van der Waals surface area contributed by atoms with Crippen LogP contribution in [-0.4, -0.2) is 16.1 Å². The molecule has 1 N–H and O–H groups in total. The Morgan fingerprint density at radius 2 is 2.06 bits per heavy atom. The van der Waals surface area contributed by atoms with E-state index in [9.17, 15) is 0 Å². The zero-order valence-electron chi connectivity index (χ0n) is 9.86. The van der Waals surface area contributed by atoms with Gasteiger partial charge in [0.15, 0.2) is 0 Å². The van der Waals surface area contributed by atoms with Crippen molar-refractivity contribution in [2.75, 3.05) is 6.54 Å². The van der Waals surface area contributed by atoms with Crippen LogP contribution in [0.1, 0.15) is 18.2 Å². The second kappa shape index (κ2) is 5.98. The number of nitrogens with zero attached hydrogens (tertiary/aromatic N) is 2. The molecule has 17 heavy (non-hydrogen) atoms. The van der Waals surface area contributed by atoms with Crippen LogP contribution in [0.2, 0.25) is 0 Å². The van der Waals surface area contributed by atoms with Gasteiger partial charge in [0.25, 0.3) is 0 Å². The molecular weight excluding hydrogens is 278 g/mol. The minimum absolute atomic E-state index is 0.837. The zero-order valence-corrected chi connectivity index (χ0v) is 11.4. The molecule has 4 heteroatoms. The van der Waals surface area contributed by atoms with Crippen molar-refractivity contribution < 1.29 is 0 Å². The molecule has 0 spiro atoms. The third kappa shape index (κ3) is 3.68. The summed E-state index contributed by atoms with van der Waals surface area (Å²) >= 11 is 3.44. The van der Waals surface area contributed by atoms with Gasteiger partial charge in [-0.1, -0.05) is 35.0 Å². The van der Waals surface area contributed by atoms with Gasteiger partial charge < -0.3 is 9.88 Å². The minimum Gasteiger partial charge on any atom is -0.333 e. The van der Waals surface area contributed by atoms with Crippen molar-refractivity contribution in [3.63, 3.8) is 0 Å². The van der Waals surface area contributed by atoms with E-state index in [-0.39, 0.29) is 0 Å². The lowest BCUT2D eigenvalue weighted by Gasteiger charge is -2.02. The standard InChI is InChI=1S/C13H16BrN3/c1-2-15-7-13-9-17(10-16-13)8-11-3-5-12(14)6-4-11/h3-6,9-10,15H,2,7-8H2,1H3. The Morgan fingerprint density at radius 3 is 2.76 bits per heavy atom. The highest BCUT2D eigenvalue weighted by atomic mass is 79.9. The molecule has 0 aliphatic heterocycles. The van der Waals surface area contributed by atoms with Crippen LogP contribution < -0.4 is 5.32 Å². The van der Waals surface area contributed by atoms with Gasteiger partial charge in [0.1, 0.15) is 0 Å². The van der Waals surface area contributed by atoms with Crippen molar-refractivity contribution in [1.29, 1.82) is 0 Å². The number of rotatable bonds is 5. The van der Waals surface area contributed by atoms with E-state index in [4.69, 9.17) is 0 Å². The van der Waals surface area contributed by atoms with E-state index in [0.717, 1.165) is 29.8 Å². The molecule has 2 rings (SSSR count). The highest BCUT2D eigenvalue weighted by Gasteiger charge is 1.99. The van der Waals surface area contributed by atoms with Crippen LogP contribution in [0.15, 0.2) is 41.3 Å². The van der Waals surface area contributed by atoms with Crippen molar-refractivity contribution >= 4 is 15.9 Å². The first-order valence-corrected chi connectivity index (χ1v) is 6.53. The monoisotopic (exact) mass is 293 g/mol. The van der Waals surface area contributed by atoms with Crippen LogP contribution in [0.25, 0.3) is 0 Å². The molecule has 0 aliphatic rings. The summed E-state index contributed by atoms with van der Waals surface area (Å²) in [5, 5.41) is 3.27. The number of hydrogen-bond acceptors (Lipinski definition) is 2. The normalized spacial score (nSPS) is 10.7. The molecule has 3 nitrogen and oxygen atoms in total. The number of imidazole rings is 1. The van der Waals surface area contributed by atoms with Gasteiger partial charge >= 0.3 is 0 Å². The number of halogens is 1. The molecule has 0 unspecified atom stereocenters. The van der Waals surface area contributed by atoms with Crippen molar-refractivity contribution in [2.45, 2.75) is 20.0 Å².